The number of nitrogen functional groups attached to an aromatic ring is 3. The SMILES string of the molecule is Cn1nc(C(C)(C)C)c(N=Nc2ccc([N+](=O)[O-])cc2)c1N.Cn1nc(C(C)(C)C)cc1N.Nc1ccc([N+](=O)[O-])cc1.O=N[O-].[Na+]. The average Bonchev–Trinajstić information content (AvgIpc) is 3.46. The Kier molecular flexibility index (Phi) is 16.3. The number of aryl methyl sites for hydroxylation is 2. The third kappa shape index (κ3) is 13.5. The van der Waals surface area contributed by atoms with E-state index in [0.29, 0.717) is 22.9 Å². The van der Waals surface area contributed by atoms with Crippen LogP contribution in [0, 0.1) is 30.3 Å². The van der Waals surface area contributed by atoms with Crippen molar-refractivity contribution >= 4 is 40.1 Å². The standard InChI is InChI=1S/C14H18N6O2.C8H15N3.C6H6N2O2.HNO2.Na/c1-14(2,3)12-11(13(15)19(4)18-12)17-16-9-5-7-10(8-6-9)20(21)22;1-8(2,3)6-5-7(9)11(4)10-6;7-5-1-3-6(4-2-5)8(9)10;2-1-3;/h5-8H,15H2,1-4H3;5H,9H2,1-4H3;1-4H,7H2;(H,2,3);/q;;;;+1/p-1. The molecule has 0 radical (unpaired) electrons. The van der Waals surface area contributed by atoms with Crippen molar-refractivity contribution in [2.75, 3.05) is 17.2 Å². The molecule has 0 atom stereocenters. The summed E-state index contributed by atoms with van der Waals surface area (Å²) in [5.41, 5.74) is 20.2. The monoisotopic (exact) mass is 662 g/mol. The molecule has 2 heterocycles. The number of azo groups is 1. The number of nitro benzene ring substituents is 2. The number of hydrogen-bond acceptors (Lipinski definition) is 14. The number of rotatable bonds is 4. The Morgan fingerprint density at radius 1 is 0.745 bits per heavy atom. The molecule has 248 valence electrons. The van der Waals surface area contributed by atoms with Gasteiger partial charge in [0.15, 0.2) is 5.69 Å². The zero-order chi connectivity index (χ0) is 35.4. The first kappa shape index (κ1) is 42.1. The summed E-state index contributed by atoms with van der Waals surface area (Å²) in [6.45, 7) is 12.4. The molecule has 0 aliphatic carbocycles. The number of hydrogen-bond donors (Lipinski definition) is 3. The molecule has 2 aromatic heterocycles. The van der Waals surface area contributed by atoms with Gasteiger partial charge >= 0.3 is 29.6 Å². The molecule has 19 heteroatoms. The van der Waals surface area contributed by atoms with Gasteiger partial charge in [0.1, 0.15) is 11.6 Å². The number of nitro groups is 2. The van der Waals surface area contributed by atoms with Gasteiger partial charge in [-0.25, -0.2) is 0 Å². The summed E-state index contributed by atoms with van der Waals surface area (Å²) in [6, 6.07) is 13.5. The van der Waals surface area contributed by atoms with E-state index in [0.717, 1.165) is 22.5 Å². The van der Waals surface area contributed by atoms with Crippen LogP contribution in [0.3, 0.4) is 0 Å². The minimum absolute atomic E-state index is 0. The van der Waals surface area contributed by atoms with Gasteiger partial charge in [-0.1, -0.05) is 41.5 Å². The molecule has 0 amide bonds. The number of nitrogens with zero attached hydrogens (tertiary/aromatic N) is 9. The van der Waals surface area contributed by atoms with Gasteiger partial charge in [0.25, 0.3) is 11.4 Å². The molecular weight excluding hydrogens is 623 g/mol. The Morgan fingerprint density at radius 3 is 1.53 bits per heavy atom. The van der Waals surface area contributed by atoms with Crippen molar-refractivity contribution in [3.8, 4) is 0 Å². The van der Waals surface area contributed by atoms with Crippen LogP contribution in [0.25, 0.3) is 0 Å². The smallest absolute Gasteiger partial charge is 0.444 e. The topological polar surface area (TPSA) is 277 Å². The Labute approximate surface area is 293 Å². The van der Waals surface area contributed by atoms with E-state index in [2.05, 4.69) is 41.2 Å². The second-order valence-corrected chi connectivity index (χ2v) is 11.7. The third-order valence-corrected chi connectivity index (χ3v) is 5.89. The predicted molar refractivity (Wildman–Crippen MR) is 177 cm³/mol. The molecule has 2 aromatic carbocycles. The van der Waals surface area contributed by atoms with Crippen molar-refractivity contribution in [3.63, 3.8) is 0 Å². The van der Waals surface area contributed by atoms with Crippen LogP contribution in [-0.2, 0) is 24.9 Å². The molecular formula is C28H39N12NaO6. The van der Waals surface area contributed by atoms with E-state index in [-0.39, 0.29) is 51.8 Å². The minimum atomic E-state index is -0.461. The Balaban J connectivity index is 0.000000709. The minimum Gasteiger partial charge on any atom is -0.444 e. The summed E-state index contributed by atoms with van der Waals surface area (Å²) < 4.78 is 3.26. The van der Waals surface area contributed by atoms with E-state index in [1.165, 1.54) is 48.5 Å². The van der Waals surface area contributed by atoms with Crippen LogP contribution in [0.1, 0.15) is 52.9 Å². The summed E-state index contributed by atoms with van der Waals surface area (Å²) in [4.78, 5) is 27.8. The first-order valence-electron chi connectivity index (χ1n) is 13.5. The van der Waals surface area contributed by atoms with Crippen LogP contribution in [0.15, 0.2) is 70.2 Å². The first-order chi connectivity index (χ1) is 21.2. The fraction of sp³-hybridized carbons (Fsp3) is 0.357. The fourth-order valence-corrected chi connectivity index (χ4v) is 3.32. The van der Waals surface area contributed by atoms with Crippen molar-refractivity contribution < 1.29 is 39.4 Å². The molecule has 0 unspecified atom stereocenters. The second kappa shape index (κ2) is 18.3. The van der Waals surface area contributed by atoms with Gasteiger partial charge in [0, 0.05) is 60.9 Å². The number of aromatic nitrogens is 4. The maximum absolute atomic E-state index is 10.6. The molecule has 4 aromatic rings. The van der Waals surface area contributed by atoms with Crippen molar-refractivity contribution in [3.05, 3.63) is 96.3 Å². The number of nitrogens with two attached hydrogens (primary N) is 3. The van der Waals surface area contributed by atoms with Gasteiger partial charge in [0.2, 0.25) is 0 Å². The van der Waals surface area contributed by atoms with E-state index in [9.17, 15) is 20.2 Å². The van der Waals surface area contributed by atoms with E-state index < -0.39 is 9.85 Å². The summed E-state index contributed by atoms with van der Waals surface area (Å²) in [5.74, 6) is 1.14. The molecule has 0 fully saturated rings. The molecule has 47 heavy (non-hydrogen) atoms. The normalized spacial score (nSPS) is 10.6. The average molecular weight is 663 g/mol. The summed E-state index contributed by atoms with van der Waals surface area (Å²) >= 11 is 0. The zero-order valence-electron chi connectivity index (χ0n) is 27.9. The van der Waals surface area contributed by atoms with Crippen LogP contribution < -0.4 is 46.8 Å². The van der Waals surface area contributed by atoms with Crippen molar-refractivity contribution in [1.29, 1.82) is 0 Å². The van der Waals surface area contributed by atoms with Crippen LogP contribution in [0.5, 0.6) is 0 Å². The maximum Gasteiger partial charge on any atom is 1.00 e. The quantitative estimate of drug-likeness (QED) is 0.0711. The van der Waals surface area contributed by atoms with Gasteiger partial charge in [-0.05, 0) is 24.3 Å². The van der Waals surface area contributed by atoms with Gasteiger partial charge in [-0.15, -0.1) is 10.5 Å². The molecule has 0 saturated carbocycles. The molecule has 0 saturated heterocycles. The zero-order valence-corrected chi connectivity index (χ0v) is 29.9. The molecule has 0 spiro atoms. The van der Waals surface area contributed by atoms with Crippen molar-refractivity contribution in [1.82, 2.24) is 19.6 Å². The third-order valence-electron chi connectivity index (χ3n) is 5.89. The van der Waals surface area contributed by atoms with Crippen molar-refractivity contribution in [2.45, 2.75) is 52.4 Å². The van der Waals surface area contributed by atoms with Crippen molar-refractivity contribution in [2.24, 2.45) is 29.7 Å². The maximum atomic E-state index is 10.6. The Morgan fingerprint density at radius 2 is 1.19 bits per heavy atom. The predicted octanol–water partition coefficient (Wildman–Crippen LogP) is 3.35. The van der Waals surface area contributed by atoms with Crippen LogP contribution in [0.4, 0.5) is 40.1 Å². The van der Waals surface area contributed by atoms with Gasteiger partial charge in [-0.3, -0.25) is 29.6 Å². The van der Waals surface area contributed by atoms with E-state index in [1.54, 1.807) is 16.4 Å². The van der Waals surface area contributed by atoms with E-state index in [1.807, 2.05) is 33.9 Å². The summed E-state index contributed by atoms with van der Waals surface area (Å²) in [7, 11) is 3.60. The van der Waals surface area contributed by atoms with E-state index >= 15 is 0 Å². The fourth-order valence-electron chi connectivity index (χ4n) is 3.32. The molecule has 18 nitrogen and oxygen atoms in total. The van der Waals surface area contributed by atoms with Gasteiger partial charge < -0.3 is 27.3 Å². The summed E-state index contributed by atoms with van der Waals surface area (Å²) in [6.07, 6.45) is 0. The molecule has 6 N–H and O–H groups in total. The second-order valence-electron chi connectivity index (χ2n) is 11.7. The Bertz CT molecular complexity index is 1620. The van der Waals surface area contributed by atoms with Crippen LogP contribution in [-0.4, -0.2) is 29.4 Å². The molecule has 4 rings (SSSR count). The molecule has 0 aliphatic heterocycles. The molecule has 0 aliphatic rings. The summed E-state index contributed by atoms with van der Waals surface area (Å²) in [5, 5.41) is 46.6. The largest absolute Gasteiger partial charge is 1.00 e. The van der Waals surface area contributed by atoms with Crippen LogP contribution >= 0.6 is 0 Å². The van der Waals surface area contributed by atoms with Gasteiger partial charge in [-0.2, -0.15) is 15.3 Å². The van der Waals surface area contributed by atoms with Crippen LogP contribution in [0.2, 0.25) is 0 Å². The molecule has 0 bridgehead atoms. The first-order valence-corrected chi connectivity index (χ1v) is 13.5. The number of anilines is 3. The Hall–Kier alpha value is -4.94. The number of benzene rings is 2. The van der Waals surface area contributed by atoms with Gasteiger partial charge in [0.05, 0.1) is 26.9 Å². The number of non-ortho nitro benzene ring substituents is 2. The van der Waals surface area contributed by atoms with E-state index in [4.69, 9.17) is 27.3 Å².